The van der Waals surface area contributed by atoms with E-state index in [0.717, 1.165) is 16.7 Å². The number of hydrogen-bond acceptors (Lipinski definition) is 10. The molecule has 3 aromatic carbocycles. The van der Waals surface area contributed by atoms with Gasteiger partial charge in [0.05, 0.1) is 17.3 Å². The normalized spacial score (nSPS) is 14.3. The Morgan fingerprint density at radius 3 is 1.87 bits per heavy atom. The molecule has 4 rings (SSSR count). The zero-order valence-electron chi connectivity index (χ0n) is 32.0. The van der Waals surface area contributed by atoms with E-state index in [1.807, 2.05) is 6.07 Å². The number of alkyl carbamates (subject to hydrolysis) is 2. The highest BCUT2D eigenvalue weighted by molar-refractivity contribution is 6.02. The second kappa shape index (κ2) is 17.3. The molecule has 3 N–H and O–H groups in total. The number of hydrogen-bond donors (Lipinski definition) is 3. The van der Waals surface area contributed by atoms with Crippen molar-refractivity contribution >= 4 is 47.3 Å². The number of aryl methyl sites for hydroxylation is 1. The number of benzene rings is 3. The molecule has 0 saturated heterocycles. The average Bonchev–Trinajstić information content (AvgIpc) is 3.06. The van der Waals surface area contributed by atoms with E-state index in [-0.39, 0.29) is 34.9 Å². The second-order valence-electron chi connectivity index (χ2n) is 15.1. The number of aliphatic imine (C=N–C) groups is 1. The van der Waals surface area contributed by atoms with Gasteiger partial charge in [0.15, 0.2) is 11.6 Å². The molecule has 0 spiro atoms. The van der Waals surface area contributed by atoms with Gasteiger partial charge in [-0.2, -0.15) is 0 Å². The van der Waals surface area contributed by atoms with Crippen LogP contribution in [0.3, 0.4) is 0 Å². The van der Waals surface area contributed by atoms with Crippen molar-refractivity contribution in [1.29, 1.82) is 0 Å². The first-order valence-electron chi connectivity index (χ1n) is 17.7. The maximum absolute atomic E-state index is 13.3. The molecule has 0 bridgehead atoms. The van der Waals surface area contributed by atoms with Crippen molar-refractivity contribution < 1.29 is 43.0 Å². The van der Waals surface area contributed by atoms with E-state index >= 15 is 0 Å². The number of nitrogens with zero attached hydrogens (tertiary/aromatic N) is 1. The molecule has 286 valence electrons. The summed E-state index contributed by atoms with van der Waals surface area (Å²) in [5.74, 6) is -1.22. The predicted octanol–water partition coefficient (Wildman–Crippen LogP) is 6.57. The molecule has 0 saturated carbocycles. The molecule has 3 amide bonds. The van der Waals surface area contributed by atoms with Gasteiger partial charge in [0.2, 0.25) is 11.9 Å². The molecule has 0 radical (unpaired) electrons. The van der Waals surface area contributed by atoms with Crippen LogP contribution in [0.5, 0.6) is 5.75 Å². The number of guanidine groups is 1. The van der Waals surface area contributed by atoms with Gasteiger partial charge in [0.1, 0.15) is 17.0 Å². The number of fused-ring (bicyclic) bond motifs is 1. The summed E-state index contributed by atoms with van der Waals surface area (Å²) in [4.78, 5) is 79.4. The molecule has 2 atom stereocenters. The summed E-state index contributed by atoms with van der Waals surface area (Å²) in [5, 5.41) is 7.74. The maximum atomic E-state index is 13.3. The fraction of sp³-hybridized carbons (Fsp3) is 0.390. The molecule has 3 aromatic rings. The lowest BCUT2D eigenvalue weighted by Gasteiger charge is -2.26. The van der Waals surface area contributed by atoms with Gasteiger partial charge < -0.3 is 19.5 Å². The third-order valence-electron chi connectivity index (χ3n) is 8.18. The Bertz CT molecular complexity index is 1890. The van der Waals surface area contributed by atoms with Crippen molar-refractivity contribution in [1.82, 2.24) is 16.0 Å². The largest absolute Gasteiger partial charge is 0.444 e. The molecule has 13 nitrogen and oxygen atoms in total. The van der Waals surface area contributed by atoms with Gasteiger partial charge in [-0.05, 0) is 134 Å². The minimum absolute atomic E-state index is 0.0441. The fourth-order valence-corrected chi connectivity index (χ4v) is 5.57. The Morgan fingerprint density at radius 1 is 0.759 bits per heavy atom. The van der Waals surface area contributed by atoms with Crippen LogP contribution in [0.15, 0.2) is 71.7 Å². The molecule has 1 aliphatic rings. The van der Waals surface area contributed by atoms with Crippen LogP contribution in [-0.4, -0.2) is 58.8 Å². The summed E-state index contributed by atoms with van der Waals surface area (Å²) in [7, 11) is 0. The summed E-state index contributed by atoms with van der Waals surface area (Å²) in [6.07, 6.45) is 0.263. The molecular weight excluding hydrogens is 692 g/mol. The quantitative estimate of drug-likeness (QED) is 0.0720. The highest BCUT2D eigenvalue weighted by Crippen LogP contribution is 2.29. The first-order chi connectivity index (χ1) is 25.2. The molecule has 0 aromatic heterocycles. The topological polar surface area (TPSA) is 179 Å². The summed E-state index contributed by atoms with van der Waals surface area (Å²) in [6.45, 7) is 13.1. The number of ketones is 2. The Morgan fingerprint density at radius 2 is 1.33 bits per heavy atom. The van der Waals surface area contributed by atoms with Crippen LogP contribution in [0.25, 0.3) is 0 Å². The monoisotopic (exact) mass is 740 g/mol. The van der Waals surface area contributed by atoms with Gasteiger partial charge in [0.25, 0.3) is 0 Å². The van der Waals surface area contributed by atoms with Crippen LogP contribution < -0.4 is 20.7 Å². The number of ether oxygens (including phenoxy) is 3. The SMILES string of the molecule is CC(=O)c1ccc(C[C@H](NC(=O)C2CCc3cc(OC(=O)c4ccc(N=C(NC(=O)OC(C)(C)C)NC(=O)OC(C)(C)C)cc4)ccc3C2)C(C)=O)cc1. The molecule has 54 heavy (non-hydrogen) atoms. The zero-order valence-corrected chi connectivity index (χ0v) is 32.0. The van der Waals surface area contributed by atoms with Gasteiger partial charge in [-0.25, -0.2) is 19.4 Å². The summed E-state index contributed by atoms with van der Waals surface area (Å²) in [6, 6.07) is 17.7. The van der Waals surface area contributed by atoms with E-state index < -0.39 is 35.4 Å². The third kappa shape index (κ3) is 12.7. The van der Waals surface area contributed by atoms with E-state index in [1.165, 1.54) is 38.1 Å². The van der Waals surface area contributed by atoms with Crippen LogP contribution >= 0.6 is 0 Å². The lowest BCUT2D eigenvalue weighted by atomic mass is 9.83. The van der Waals surface area contributed by atoms with Crippen molar-refractivity contribution in [2.24, 2.45) is 10.9 Å². The highest BCUT2D eigenvalue weighted by atomic mass is 16.6. The molecule has 1 aliphatic carbocycles. The van der Waals surface area contributed by atoms with E-state index in [2.05, 4.69) is 20.9 Å². The zero-order chi connectivity index (χ0) is 39.8. The summed E-state index contributed by atoms with van der Waals surface area (Å²) >= 11 is 0. The van der Waals surface area contributed by atoms with E-state index in [1.54, 1.807) is 77.9 Å². The Balaban J connectivity index is 1.37. The van der Waals surface area contributed by atoms with Crippen molar-refractivity contribution in [3.05, 3.63) is 94.5 Å². The van der Waals surface area contributed by atoms with E-state index in [9.17, 15) is 28.8 Å². The van der Waals surface area contributed by atoms with Crippen LogP contribution in [0, 0.1) is 5.92 Å². The second-order valence-corrected chi connectivity index (χ2v) is 15.1. The van der Waals surface area contributed by atoms with Crippen LogP contribution in [-0.2, 0) is 38.3 Å². The van der Waals surface area contributed by atoms with Crippen molar-refractivity contribution in [2.45, 2.75) is 98.3 Å². The number of amides is 3. The van der Waals surface area contributed by atoms with Crippen molar-refractivity contribution in [3.8, 4) is 5.75 Å². The first kappa shape index (κ1) is 40.9. The minimum atomic E-state index is -0.839. The predicted molar refractivity (Wildman–Crippen MR) is 202 cm³/mol. The maximum Gasteiger partial charge on any atom is 0.414 e. The van der Waals surface area contributed by atoms with E-state index in [4.69, 9.17) is 14.2 Å². The van der Waals surface area contributed by atoms with Gasteiger partial charge in [-0.3, -0.25) is 25.0 Å². The van der Waals surface area contributed by atoms with Crippen LogP contribution in [0.1, 0.15) is 99.2 Å². The minimum Gasteiger partial charge on any atom is -0.444 e. The number of Topliss-reactive ketones (excluding diaryl/α,β-unsaturated/α-hetero) is 2. The number of nitrogens with one attached hydrogen (secondary N) is 3. The summed E-state index contributed by atoms with van der Waals surface area (Å²) in [5.41, 5.74) is 2.29. The first-order valence-corrected chi connectivity index (χ1v) is 17.7. The fourth-order valence-electron chi connectivity index (χ4n) is 5.57. The van der Waals surface area contributed by atoms with Crippen LogP contribution in [0.2, 0.25) is 0 Å². The molecular formula is C41H48N4O9. The average molecular weight is 741 g/mol. The van der Waals surface area contributed by atoms with Crippen molar-refractivity contribution in [2.75, 3.05) is 0 Å². The lowest BCUT2D eigenvalue weighted by Crippen LogP contribution is -2.47. The molecule has 13 heteroatoms. The number of rotatable bonds is 9. The molecule has 1 unspecified atom stereocenters. The van der Waals surface area contributed by atoms with E-state index in [0.29, 0.717) is 42.7 Å². The van der Waals surface area contributed by atoms with Gasteiger partial charge >= 0.3 is 18.2 Å². The van der Waals surface area contributed by atoms with Crippen molar-refractivity contribution in [3.63, 3.8) is 0 Å². The summed E-state index contributed by atoms with van der Waals surface area (Å²) < 4.78 is 16.2. The third-order valence-corrected chi connectivity index (χ3v) is 8.18. The highest BCUT2D eigenvalue weighted by Gasteiger charge is 2.28. The molecule has 0 fully saturated rings. The van der Waals surface area contributed by atoms with Crippen LogP contribution in [0.4, 0.5) is 15.3 Å². The number of carbonyl (C=O) groups excluding carboxylic acids is 6. The van der Waals surface area contributed by atoms with Gasteiger partial charge in [-0.15, -0.1) is 0 Å². The van der Waals surface area contributed by atoms with Gasteiger partial charge in [-0.1, -0.05) is 30.3 Å². The Hall–Kier alpha value is -5.85. The molecule has 0 aliphatic heterocycles. The molecule has 0 heterocycles. The number of carbonyl (C=O) groups is 6. The lowest BCUT2D eigenvalue weighted by molar-refractivity contribution is -0.129. The Kier molecular flexibility index (Phi) is 13.1. The van der Waals surface area contributed by atoms with Gasteiger partial charge in [0, 0.05) is 11.5 Å². The smallest absolute Gasteiger partial charge is 0.414 e. The standard InChI is InChI=1S/C41H48N4O9/c1-24(46)27-11-9-26(10-12-27)21-34(25(2)47)43-35(48)31-14-13-30-23-33(20-17-29(30)22-31)52-36(49)28-15-18-32(19-16-28)42-37(44-38(50)53-40(3,4)5)45-39(51)54-41(6,7)8/h9-12,15-20,23,31,34H,13-14,21-22H2,1-8H3,(H,43,48)(H2,42,44,45,50,51)/t31?,34-/m0/s1. The Labute approximate surface area is 315 Å². The number of esters is 1.